The van der Waals surface area contributed by atoms with E-state index in [4.69, 9.17) is 17.3 Å². The lowest BCUT2D eigenvalue weighted by Gasteiger charge is -2.17. The van der Waals surface area contributed by atoms with E-state index in [2.05, 4.69) is 15.3 Å². The molecule has 3 rings (SSSR count). The first-order chi connectivity index (χ1) is 14.9. The molecule has 8 nitrogen and oxygen atoms in total. The number of nitrogens with two attached hydrogens (primary N) is 1. The first kappa shape index (κ1) is 25.0. The fourth-order valence-corrected chi connectivity index (χ4v) is 3.34. The summed E-state index contributed by atoms with van der Waals surface area (Å²) in [7, 11) is 0. The van der Waals surface area contributed by atoms with Gasteiger partial charge in [-0.1, -0.05) is 49.6 Å². The van der Waals surface area contributed by atoms with Gasteiger partial charge in [0.15, 0.2) is 5.82 Å². The third-order valence-electron chi connectivity index (χ3n) is 4.72. The Hall–Kier alpha value is -3.23. The van der Waals surface area contributed by atoms with Crippen molar-refractivity contribution in [2.24, 2.45) is 5.73 Å². The number of imidazole rings is 1. The molecule has 2 aromatic heterocycles. The van der Waals surface area contributed by atoms with Gasteiger partial charge in [0.05, 0.1) is 22.3 Å². The minimum Gasteiger partial charge on any atom is -0.363 e. The van der Waals surface area contributed by atoms with Crippen LogP contribution in [-0.2, 0) is 9.59 Å². The van der Waals surface area contributed by atoms with Gasteiger partial charge in [0.25, 0.3) is 11.8 Å². The summed E-state index contributed by atoms with van der Waals surface area (Å²) in [5, 5.41) is 3.17. The Morgan fingerprint density at radius 1 is 1.16 bits per heavy atom. The van der Waals surface area contributed by atoms with Gasteiger partial charge < -0.3 is 11.1 Å². The number of hydrogen-bond acceptors (Lipinski definition) is 5. The van der Waals surface area contributed by atoms with Gasteiger partial charge >= 0.3 is 0 Å². The maximum absolute atomic E-state index is 13.0. The average molecular weight is 476 g/mol. The van der Waals surface area contributed by atoms with Gasteiger partial charge in [-0.05, 0) is 24.6 Å². The minimum absolute atomic E-state index is 0. The lowest BCUT2D eigenvalue weighted by atomic mass is 10.0. The zero-order valence-corrected chi connectivity index (χ0v) is 18.9. The van der Waals surface area contributed by atoms with E-state index < -0.39 is 23.6 Å². The third-order valence-corrected chi connectivity index (χ3v) is 5.05. The molecule has 32 heavy (non-hydrogen) atoms. The number of pyridine rings is 1. The molecular formula is C22H23Cl2N5O3. The van der Waals surface area contributed by atoms with Crippen molar-refractivity contribution >= 4 is 41.6 Å². The Labute approximate surface area is 196 Å². The molecule has 1 atom stereocenters. The summed E-state index contributed by atoms with van der Waals surface area (Å²) < 4.78 is 1.60. The number of ketones is 1. The number of rotatable bonds is 9. The van der Waals surface area contributed by atoms with Gasteiger partial charge in [-0.25, -0.2) is 9.97 Å². The van der Waals surface area contributed by atoms with Gasteiger partial charge in [-0.15, -0.1) is 12.4 Å². The lowest BCUT2D eigenvalue weighted by Crippen LogP contribution is -2.46. The second-order valence-corrected chi connectivity index (χ2v) is 7.32. The predicted molar refractivity (Wildman–Crippen MR) is 124 cm³/mol. The molecule has 0 fully saturated rings. The second kappa shape index (κ2) is 11.4. The summed E-state index contributed by atoms with van der Waals surface area (Å²) in [6.45, 7) is 1.95. The summed E-state index contributed by atoms with van der Waals surface area (Å²) in [6.07, 6.45) is 6.57. The molecule has 168 valence electrons. The quantitative estimate of drug-likeness (QED) is 0.459. The van der Waals surface area contributed by atoms with Crippen molar-refractivity contribution in [3.05, 3.63) is 65.7 Å². The number of amides is 2. The summed E-state index contributed by atoms with van der Waals surface area (Å²) in [5.74, 6) is -2.11. The van der Waals surface area contributed by atoms with Crippen LogP contribution in [0.15, 0.2) is 55.1 Å². The van der Waals surface area contributed by atoms with Crippen LogP contribution in [0.1, 0.15) is 36.5 Å². The van der Waals surface area contributed by atoms with E-state index in [9.17, 15) is 14.4 Å². The van der Waals surface area contributed by atoms with Gasteiger partial charge in [0.2, 0.25) is 5.78 Å². The van der Waals surface area contributed by atoms with Gasteiger partial charge in [0, 0.05) is 18.0 Å². The molecule has 0 bridgehead atoms. The highest BCUT2D eigenvalue weighted by molar-refractivity contribution is 6.38. The lowest BCUT2D eigenvalue weighted by molar-refractivity contribution is -0.137. The molecular weight excluding hydrogens is 453 g/mol. The van der Waals surface area contributed by atoms with Crippen LogP contribution in [0.3, 0.4) is 0 Å². The molecule has 0 aliphatic heterocycles. The van der Waals surface area contributed by atoms with Gasteiger partial charge in [-0.3, -0.25) is 19.0 Å². The second-order valence-electron chi connectivity index (χ2n) is 6.92. The number of benzene rings is 1. The van der Waals surface area contributed by atoms with Crippen molar-refractivity contribution in [1.29, 1.82) is 0 Å². The van der Waals surface area contributed by atoms with E-state index in [0.717, 1.165) is 12.0 Å². The summed E-state index contributed by atoms with van der Waals surface area (Å²) in [5.41, 5.74) is 6.73. The number of nitrogens with one attached hydrogen (secondary N) is 1. The molecule has 10 heteroatoms. The van der Waals surface area contributed by atoms with Gasteiger partial charge in [0.1, 0.15) is 6.33 Å². The van der Waals surface area contributed by atoms with Crippen molar-refractivity contribution in [2.75, 3.05) is 0 Å². The smallest absolute Gasteiger partial charge is 0.287 e. The molecule has 0 spiro atoms. The van der Waals surface area contributed by atoms with E-state index in [1.807, 2.05) is 25.1 Å². The fraction of sp³-hybridized carbons (Fsp3) is 0.227. The number of primary amides is 1. The van der Waals surface area contributed by atoms with E-state index in [1.54, 1.807) is 35.2 Å². The number of halogens is 2. The van der Waals surface area contributed by atoms with Crippen LogP contribution in [0.2, 0.25) is 5.02 Å². The van der Waals surface area contributed by atoms with Gasteiger partial charge in [-0.2, -0.15) is 0 Å². The largest absolute Gasteiger partial charge is 0.363 e. The maximum atomic E-state index is 13.0. The average Bonchev–Trinajstić information content (AvgIpc) is 3.26. The van der Waals surface area contributed by atoms with Crippen molar-refractivity contribution in [3.8, 4) is 17.1 Å². The monoisotopic (exact) mass is 475 g/mol. The first-order valence-corrected chi connectivity index (χ1v) is 10.2. The number of carbonyl (C=O) groups excluding carboxylic acids is 3. The SMILES string of the molecule is CCCCC(NC(=O)c1cccnc1-n1cnc(-c2ccccc2Cl)c1)C(=O)C(N)=O.Cl. The fourth-order valence-electron chi connectivity index (χ4n) is 3.11. The topological polar surface area (TPSA) is 120 Å². The predicted octanol–water partition coefficient (Wildman–Crippen LogP) is 3.35. The number of hydrogen-bond donors (Lipinski definition) is 2. The van der Waals surface area contributed by atoms with E-state index in [-0.39, 0.29) is 18.0 Å². The Morgan fingerprint density at radius 2 is 1.91 bits per heavy atom. The summed E-state index contributed by atoms with van der Waals surface area (Å²) in [4.78, 5) is 45.1. The molecule has 0 aliphatic carbocycles. The van der Waals surface area contributed by atoms with Crippen LogP contribution in [0.5, 0.6) is 0 Å². The van der Waals surface area contributed by atoms with E-state index >= 15 is 0 Å². The number of unbranched alkanes of at least 4 members (excludes halogenated alkanes) is 1. The zero-order chi connectivity index (χ0) is 22.4. The standard InChI is InChI=1S/C22H22ClN5O3.ClH/c1-2-3-10-17(19(29)20(24)30)27-22(31)15-8-6-11-25-21(15)28-12-18(26-13-28)14-7-4-5-9-16(14)23;/h4-9,11-13,17H,2-3,10H2,1H3,(H2,24,30)(H,27,31);1H. The Morgan fingerprint density at radius 3 is 2.59 bits per heavy atom. The maximum Gasteiger partial charge on any atom is 0.287 e. The highest BCUT2D eigenvalue weighted by atomic mass is 35.5. The zero-order valence-electron chi connectivity index (χ0n) is 17.3. The highest BCUT2D eigenvalue weighted by Crippen LogP contribution is 2.26. The Balaban J connectivity index is 0.00000363. The summed E-state index contributed by atoms with van der Waals surface area (Å²) in [6, 6.07) is 9.49. The van der Waals surface area contributed by atoms with Crippen LogP contribution in [0.25, 0.3) is 17.1 Å². The Bertz CT molecular complexity index is 1120. The molecule has 1 aromatic carbocycles. The van der Waals surface area contributed by atoms with Crippen LogP contribution in [-0.4, -0.2) is 38.2 Å². The minimum atomic E-state index is -1.08. The van der Waals surface area contributed by atoms with Crippen LogP contribution >= 0.6 is 24.0 Å². The molecule has 2 heterocycles. The van der Waals surface area contributed by atoms with Crippen molar-refractivity contribution in [2.45, 2.75) is 32.2 Å². The molecule has 0 aliphatic rings. The van der Waals surface area contributed by atoms with Crippen molar-refractivity contribution < 1.29 is 14.4 Å². The third kappa shape index (κ3) is 5.72. The number of Topliss-reactive ketones (excluding diaryl/α,β-unsaturated/α-hetero) is 1. The van der Waals surface area contributed by atoms with Crippen molar-refractivity contribution in [3.63, 3.8) is 0 Å². The summed E-state index contributed by atoms with van der Waals surface area (Å²) >= 11 is 6.25. The molecule has 3 N–H and O–H groups in total. The molecule has 3 aromatic rings. The molecule has 0 saturated heterocycles. The Kier molecular flexibility index (Phi) is 8.92. The first-order valence-electron chi connectivity index (χ1n) is 9.81. The van der Waals surface area contributed by atoms with Crippen molar-refractivity contribution in [1.82, 2.24) is 19.9 Å². The van der Waals surface area contributed by atoms with Crippen LogP contribution in [0.4, 0.5) is 0 Å². The molecule has 0 saturated carbocycles. The van der Waals surface area contributed by atoms with Crippen LogP contribution in [0, 0.1) is 0 Å². The number of nitrogens with zero attached hydrogens (tertiary/aromatic N) is 3. The molecule has 1 unspecified atom stereocenters. The van der Waals surface area contributed by atoms with E-state index in [1.165, 1.54) is 6.33 Å². The highest BCUT2D eigenvalue weighted by Gasteiger charge is 2.26. The normalized spacial score (nSPS) is 11.3. The molecule has 0 radical (unpaired) electrons. The van der Waals surface area contributed by atoms with Crippen LogP contribution < -0.4 is 11.1 Å². The van der Waals surface area contributed by atoms with E-state index in [0.29, 0.717) is 29.4 Å². The number of aromatic nitrogens is 3. The molecule has 2 amide bonds. The number of carbonyl (C=O) groups is 3.